The zero-order valence-electron chi connectivity index (χ0n) is 15.3. The Morgan fingerprint density at radius 3 is 2.46 bits per heavy atom. The Kier molecular flexibility index (Phi) is 5.30. The van der Waals surface area contributed by atoms with E-state index < -0.39 is 0 Å². The summed E-state index contributed by atoms with van der Waals surface area (Å²) in [4.78, 5) is 1.66. The highest BCUT2D eigenvalue weighted by Gasteiger charge is 2.24. The number of nitrogens with one attached hydrogen (secondary N) is 1. The fraction of sp³-hybridized carbons (Fsp3) is 0.524. The summed E-state index contributed by atoms with van der Waals surface area (Å²) in [5, 5.41) is 0. The van der Waals surface area contributed by atoms with Crippen molar-refractivity contribution in [1.29, 1.82) is 0 Å². The van der Waals surface area contributed by atoms with Gasteiger partial charge in [0.25, 0.3) is 0 Å². The van der Waals surface area contributed by atoms with E-state index in [4.69, 9.17) is 9.47 Å². The Hall–Kier alpha value is -1.74. The van der Waals surface area contributed by atoms with Crippen molar-refractivity contribution < 1.29 is 14.4 Å². The molecule has 1 aromatic rings. The van der Waals surface area contributed by atoms with Crippen LogP contribution < -0.4 is 14.4 Å². The molecular formula is C21H30NO2+. The molecule has 1 N–H and O–H groups in total. The lowest BCUT2D eigenvalue weighted by Gasteiger charge is -2.29. The van der Waals surface area contributed by atoms with Gasteiger partial charge in [-0.15, -0.1) is 0 Å². The number of fused-ring (bicyclic) bond motifs is 1. The Bertz CT molecular complexity index is 647. The van der Waals surface area contributed by atoms with Crippen molar-refractivity contribution in [3.63, 3.8) is 0 Å². The van der Waals surface area contributed by atoms with Gasteiger partial charge in [0.1, 0.15) is 6.54 Å². The van der Waals surface area contributed by atoms with Crippen LogP contribution in [-0.4, -0.2) is 27.3 Å². The number of quaternary nitrogens is 1. The first kappa shape index (κ1) is 17.1. The average molecular weight is 328 g/mol. The van der Waals surface area contributed by atoms with Gasteiger partial charge < -0.3 is 14.4 Å². The van der Waals surface area contributed by atoms with Crippen LogP contribution in [0.4, 0.5) is 0 Å². The topological polar surface area (TPSA) is 22.9 Å². The molecule has 130 valence electrons. The van der Waals surface area contributed by atoms with E-state index in [1.165, 1.54) is 49.1 Å². The highest BCUT2D eigenvalue weighted by atomic mass is 16.5. The van der Waals surface area contributed by atoms with Crippen LogP contribution in [-0.2, 0) is 13.0 Å². The fourth-order valence-corrected chi connectivity index (χ4v) is 4.00. The van der Waals surface area contributed by atoms with Crippen LogP contribution in [0.25, 0.3) is 0 Å². The number of methoxy groups -OCH3 is 2. The second kappa shape index (κ2) is 7.43. The van der Waals surface area contributed by atoms with Gasteiger partial charge in [-0.2, -0.15) is 0 Å². The molecular weight excluding hydrogens is 298 g/mol. The molecule has 24 heavy (non-hydrogen) atoms. The molecule has 0 saturated heterocycles. The molecule has 0 saturated carbocycles. The molecule has 1 aliphatic heterocycles. The predicted molar refractivity (Wildman–Crippen MR) is 97.9 cm³/mol. The molecule has 0 radical (unpaired) electrons. The van der Waals surface area contributed by atoms with Crippen molar-refractivity contribution in [2.24, 2.45) is 5.92 Å². The molecule has 3 rings (SSSR count). The molecule has 0 bridgehead atoms. The van der Waals surface area contributed by atoms with Crippen LogP contribution in [0, 0.1) is 5.92 Å². The summed E-state index contributed by atoms with van der Waals surface area (Å²) in [5.74, 6) is 2.39. The number of allylic oxidation sites excluding steroid dienone is 2. The molecule has 0 spiro atoms. The number of benzene rings is 1. The molecule has 1 aromatic carbocycles. The molecule has 0 fully saturated rings. The summed E-state index contributed by atoms with van der Waals surface area (Å²) in [7, 11) is 3.42. The maximum Gasteiger partial charge on any atom is 0.161 e. The van der Waals surface area contributed by atoms with Gasteiger partial charge in [0.15, 0.2) is 11.5 Å². The van der Waals surface area contributed by atoms with Gasteiger partial charge in [0, 0.05) is 12.0 Å². The van der Waals surface area contributed by atoms with Crippen LogP contribution in [0.1, 0.15) is 37.3 Å². The van der Waals surface area contributed by atoms with Crippen molar-refractivity contribution in [2.75, 3.05) is 27.3 Å². The maximum atomic E-state index is 5.47. The van der Waals surface area contributed by atoms with E-state index >= 15 is 0 Å². The normalized spacial score (nSPS) is 23.2. The lowest BCUT2D eigenvalue weighted by molar-refractivity contribution is -0.911. The van der Waals surface area contributed by atoms with Gasteiger partial charge in [0.2, 0.25) is 0 Å². The standard InChI is InChI=1S/C21H29NO2/c1-15(2)17-7-5-16(6-8-17)13-22-10-9-18-11-20(23-3)21(24-4)12-19(18)14-22/h5,11-12,17H,1,6-10,13-14H2,2-4H3/p+1/t17-/m0/s1. The summed E-state index contributed by atoms with van der Waals surface area (Å²) in [6.45, 7) is 9.74. The minimum atomic E-state index is 0.697. The Labute approximate surface area is 146 Å². The van der Waals surface area contributed by atoms with Gasteiger partial charge in [-0.1, -0.05) is 18.2 Å². The largest absolute Gasteiger partial charge is 0.493 e. The van der Waals surface area contributed by atoms with Crippen LogP contribution in [0.3, 0.4) is 0 Å². The van der Waals surface area contributed by atoms with Gasteiger partial charge in [0.05, 0.1) is 27.3 Å². The SMILES string of the molecule is C=C(C)[C@H]1CC=C(C[NH+]2CCc3cc(OC)c(OC)cc3C2)CC1. The van der Waals surface area contributed by atoms with Gasteiger partial charge in [-0.3, -0.25) is 0 Å². The van der Waals surface area contributed by atoms with Crippen LogP contribution >= 0.6 is 0 Å². The highest BCUT2D eigenvalue weighted by Crippen LogP contribution is 2.31. The van der Waals surface area contributed by atoms with Crippen molar-refractivity contribution in [3.05, 3.63) is 47.1 Å². The second-order valence-electron chi connectivity index (χ2n) is 7.26. The van der Waals surface area contributed by atoms with Crippen molar-refractivity contribution in [2.45, 2.75) is 39.2 Å². The Morgan fingerprint density at radius 1 is 1.17 bits per heavy atom. The Morgan fingerprint density at radius 2 is 1.88 bits per heavy atom. The molecule has 3 heteroatoms. The van der Waals surface area contributed by atoms with E-state index in [1.54, 1.807) is 24.7 Å². The summed E-state index contributed by atoms with van der Waals surface area (Å²) in [6, 6.07) is 4.32. The van der Waals surface area contributed by atoms with E-state index in [9.17, 15) is 0 Å². The van der Waals surface area contributed by atoms with Crippen LogP contribution in [0.2, 0.25) is 0 Å². The van der Waals surface area contributed by atoms with E-state index in [-0.39, 0.29) is 0 Å². The van der Waals surface area contributed by atoms with Crippen molar-refractivity contribution in [1.82, 2.24) is 0 Å². The van der Waals surface area contributed by atoms with Gasteiger partial charge >= 0.3 is 0 Å². The molecule has 1 heterocycles. The summed E-state index contributed by atoms with van der Waals surface area (Å²) in [6.07, 6.45) is 7.28. The van der Waals surface area contributed by atoms with Crippen LogP contribution in [0.5, 0.6) is 11.5 Å². The van der Waals surface area contributed by atoms with Gasteiger partial charge in [-0.25, -0.2) is 0 Å². The third-order valence-corrected chi connectivity index (χ3v) is 5.57. The molecule has 2 atom stereocenters. The van der Waals surface area contributed by atoms with Crippen molar-refractivity contribution >= 4 is 0 Å². The summed E-state index contributed by atoms with van der Waals surface area (Å²) < 4.78 is 10.9. The molecule has 0 amide bonds. The number of hydrogen-bond acceptors (Lipinski definition) is 2. The number of hydrogen-bond donors (Lipinski definition) is 1. The fourth-order valence-electron chi connectivity index (χ4n) is 4.00. The summed E-state index contributed by atoms with van der Waals surface area (Å²) >= 11 is 0. The van der Waals surface area contributed by atoms with Crippen molar-refractivity contribution in [3.8, 4) is 11.5 Å². The average Bonchev–Trinajstić information content (AvgIpc) is 2.60. The van der Waals surface area contributed by atoms with E-state index in [1.807, 2.05) is 0 Å². The minimum Gasteiger partial charge on any atom is -0.493 e. The minimum absolute atomic E-state index is 0.697. The lowest BCUT2D eigenvalue weighted by atomic mass is 9.85. The highest BCUT2D eigenvalue weighted by molar-refractivity contribution is 5.47. The third kappa shape index (κ3) is 3.67. The second-order valence-corrected chi connectivity index (χ2v) is 7.26. The van der Waals surface area contributed by atoms with Gasteiger partial charge in [-0.05, 0) is 55.4 Å². The molecule has 0 aromatic heterocycles. The van der Waals surface area contributed by atoms with Crippen LogP contribution in [0.15, 0.2) is 35.9 Å². The first-order chi connectivity index (χ1) is 11.6. The lowest BCUT2D eigenvalue weighted by Crippen LogP contribution is -3.11. The smallest absolute Gasteiger partial charge is 0.161 e. The van der Waals surface area contributed by atoms with E-state index in [2.05, 4.69) is 31.7 Å². The van der Waals surface area contributed by atoms with E-state index in [0.717, 1.165) is 24.5 Å². The maximum absolute atomic E-state index is 5.47. The molecule has 3 nitrogen and oxygen atoms in total. The quantitative estimate of drug-likeness (QED) is 0.840. The first-order valence-corrected chi connectivity index (χ1v) is 9.01. The molecule has 1 unspecified atom stereocenters. The molecule has 2 aliphatic rings. The summed E-state index contributed by atoms with van der Waals surface area (Å²) in [5.41, 5.74) is 5.79. The first-order valence-electron chi connectivity index (χ1n) is 9.01. The van der Waals surface area contributed by atoms with E-state index in [0.29, 0.717) is 5.92 Å². The zero-order chi connectivity index (χ0) is 17.1. The zero-order valence-corrected chi connectivity index (χ0v) is 15.3. The molecule has 1 aliphatic carbocycles. The number of ether oxygens (including phenoxy) is 2. The third-order valence-electron chi connectivity index (χ3n) is 5.57. The number of rotatable bonds is 5. The Balaban J connectivity index is 1.66. The predicted octanol–water partition coefficient (Wildman–Crippen LogP) is 2.95. The monoisotopic (exact) mass is 328 g/mol.